The Labute approximate surface area is 129 Å². The van der Waals surface area contributed by atoms with Crippen molar-refractivity contribution in [2.75, 3.05) is 7.11 Å². The summed E-state index contributed by atoms with van der Waals surface area (Å²) < 4.78 is 19.8. The predicted octanol–water partition coefficient (Wildman–Crippen LogP) is 1.11. The Hall–Kier alpha value is -3.00. The number of fused-ring (bicyclic) bond motifs is 1. The van der Waals surface area contributed by atoms with E-state index in [0.29, 0.717) is 11.1 Å². The van der Waals surface area contributed by atoms with Gasteiger partial charge in [0.1, 0.15) is 11.3 Å². The van der Waals surface area contributed by atoms with Crippen LogP contribution in [0, 0.1) is 5.82 Å². The van der Waals surface area contributed by atoms with Crippen molar-refractivity contribution >= 4 is 11.6 Å². The van der Waals surface area contributed by atoms with Crippen LogP contribution in [0.15, 0.2) is 35.3 Å². The van der Waals surface area contributed by atoms with Crippen LogP contribution in [0.3, 0.4) is 0 Å². The number of H-pyrrole nitrogens is 1. The molecule has 0 amide bonds. The van der Waals surface area contributed by atoms with E-state index in [1.165, 1.54) is 25.4 Å². The van der Waals surface area contributed by atoms with Gasteiger partial charge in [0, 0.05) is 11.8 Å². The van der Waals surface area contributed by atoms with E-state index < -0.39 is 17.3 Å². The molecule has 0 unspecified atom stereocenters. The van der Waals surface area contributed by atoms with Gasteiger partial charge in [0.15, 0.2) is 5.65 Å². The Bertz CT molecular complexity index is 944. The third-order valence-electron chi connectivity index (χ3n) is 3.42. The van der Waals surface area contributed by atoms with E-state index >= 15 is 0 Å². The lowest BCUT2D eigenvalue weighted by Crippen LogP contribution is -2.20. The van der Waals surface area contributed by atoms with Crippen molar-refractivity contribution in [2.45, 2.75) is 6.61 Å². The maximum absolute atomic E-state index is 14.3. The monoisotopic (exact) mass is 317 g/mol. The summed E-state index contributed by atoms with van der Waals surface area (Å²) in [4.78, 5) is 27.9. The van der Waals surface area contributed by atoms with Crippen molar-refractivity contribution in [2.24, 2.45) is 0 Å². The fourth-order valence-electron chi connectivity index (χ4n) is 2.21. The van der Waals surface area contributed by atoms with E-state index in [0.717, 1.165) is 4.52 Å². The second-order valence-corrected chi connectivity index (χ2v) is 4.77. The maximum Gasteiger partial charge on any atom is 0.343 e. The Morgan fingerprint density at radius 1 is 1.39 bits per heavy atom. The number of rotatable bonds is 3. The number of methoxy groups -OCH3 is 1. The van der Waals surface area contributed by atoms with Crippen molar-refractivity contribution in [3.05, 3.63) is 57.8 Å². The number of halogens is 1. The molecule has 2 heterocycles. The summed E-state index contributed by atoms with van der Waals surface area (Å²) in [6, 6.07) is 6.27. The van der Waals surface area contributed by atoms with Crippen LogP contribution in [-0.2, 0) is 11.3 Å². The van der Waals surface area contributed by atoms with Gasteiger partial charge >= 0.3 is 11.5 Å². The molecule has 118 valence electrons. The zero-order chi connectivity index (χ0) is 16.6. The molecule has 0 fully saturated rings. The van der Waals surface area contributed by atoms with Crippen LogP contribution in [0.5, 0.6) is 0 Å². The molecule has 2 N–H and O–H groups in total. The lowest BCUT2D eigenvalue weighted by atomic mass is 10.1. The molecule has 8 heteroatoms. The van der Waals surface area contributed by atoms with E-state index in [1.54, 1.807) is 12.1 Å². The maximum atomic E-state index is 14.3. The molecule has 23 heavy (non-hydrogen) atoms. The van der Waals surface area contributed by atoms with E-state index in [1.807, 2.05) is 0 Å². The topological polar surface area (TPSA) is 96.7 Å². The first-order valence-corrected chi connectivity index (χ1v) is 6.65. The highest BCUT2D eigenvalue weighted by molar-refractivity contribution is 5.95. The van der Waals surface area contributed by atoms with Gasteiger partial charge in [-0.1, -0.05) is 24.3 Å². The fraction of sp³-hybridized carbons (Fsp3) is 0.133. The number of benzene rings is 1. The van der Waals surface area contributed by atoms with Gasteiger partial charge in [-0.05, 0) is 5.56 Å². The van der Waals surface area contributed by atoms with Gasteiger partial charge in [-0.2, -0.15) is 8.91 Å². The summed E-state index contributed by atoms with van der Waals surface area (Å²) >= 11 is 0. The summed E-state index contributed by atoms with van der Waals surface area (Å²) in [7, 11) is 1.20. The number of nitrogens with zero attached hydrogens (tertiary/aromatic N) is 2. The molecule has 0 radical (unpaired) electrons. The van der Waals surface area contributed by atoms with Crippen LogP contribution in [0.2, 0.25) is 0 Å². The molecule has 7 nitrogen and oxygen atoms in total. The van der Waals surface area contributed by atoms with Gasteiger partial charge in [0.25, 0.3) is 0 Å². The molecule has 0 aliphatic rings. The first-order chi connectivity index (χ1) is 11.1. The van der Waals surface area contributed by atoms with Gasteiger partial charge < -0.3 is 9.84 Å². The zero-order valence-corrected chi connectivity index (χ0v) is 12.0. The minimum absolute atomic E-state index is 0.0236. The average molecular weight is 317 g/mol. The highest BCUT2D eigenvalue weighted by atomic mass is 19.1. The molecule has 1 aromatic carbocycles. The number of aliphatic hydroxyl groups excluding tert-OH is 1. The van der Waals surface area contributed by atoms with E-state index in [4.69, 9.17) is 5.11 Å². The molecule has 3 aromatic rings. The third kappa shape index (κ3) is 2.38. The number of esters is 1. The van der Waals surface area contributed by atoms with Crippen molar-refractivity contribution < 1.29 is 19.0 Å². The summed E-state index contributed by atoms with van der Waals surface area (Å²) in [5, 5.41) is 11.5. The second-order valence-electron chi connectivity index (χ2n) is 4.77. The summed E-state index contributed by atoms with van der Waals surface area (Å²) in [6.07, 6.45) is 1.23. The Morgan fingerprint density at radius 3 is 2.70 bits per heavy atom. The van der Waals surface area contributed by atoms with Crippen LogP contribution < -0.4 is 5.56 Å². The van der Waals surface area contributed by atoms with E-state index in [2.05, 4.69) is 14.8 Å². The molecule has 2 aromatic heterocycles. The number of nitrogens with one attached hydrogen (secondary N) is 1. The number of ether oxygens (including phenoxy) is 1. The van der Waals surface area contributed by atoms with Crippen LogP contribution in [0.25, 0.3) is 16.9 Å². The molecule has 0 atom stereocenters. The number of aliphatic hydroxyl groups is 1. The van der Waals surface area contributed by atoms with Crippen LogP contribution in [-0.4, -0.2) is 32.8 Å². The molecule has 0 spiro atoms. The smallest absolute Gasteiger partial charge is 0.343 e. The van der Waals surface area contributed by atoms with Crippen LogP contribution >= 0.6 is 0 Å². The van der Waals surface area contributed by atoms with Crippen LogP contribution in [0.4, 0.5) is 4.39 Å². The lowest BCUT2D eigenvalue weighted by molar-refractivity contribution is 0.0602. The highest BCUT2D eigenvalue weighted by Gasteiger charge is 2.20. The second kappa shape index (κ2) is 5.65. The molecule has 0 bridgehead atoms. The normalized spacial score (nSPS) is 10.9. The van der Waals surface area contributed by atoms with Gasteiger partial charge in [-0.15, -0.1) is 0 Å². The van der Waals surface area contributed by atoms with Gasteiger partial charge in [-0.3, -0.25) is 9.89 Å². The number of carbonyl (C=O) groups excluding carboxylic acids is 1. The largest absolute Gasteiger partial charge is 0.465 e. The fourth-order valence-corrected chi connectivity index (χ4v) is 2.21. The average Bonchev–Trinajstić information content (AvgIpc) is 3.01. The minimum atomic E-state index is -1.04. The van der Waals surface area contributed by atoms with Crippen LogP contribution in [0.1, 0.15) is 15.9 Å². The number of hydrogen-bond donors (Lipinski definition) is 2. The predicted molar refractivity (Wildman–Crippen MR) is 78.5 cm³/mol. The summed E-state index contributed by atoms with van der Waals surface area (Å²) in [6.45, 7) is -0.151. The summed E-state index contributed by atoms with van der Waals surface area (Å²) in [5.41, 5.74) is -0.127. The Kier molecular flexibility index (Phi) is 3.67. The number of aromatic nitrogens is 3. The van der Waals surface area contributed by atoms with Gasteiger partial charge in [0.2, 0.25) is 5.82 Å². The first kappa shape index (κ1) is 14.9. The van der Waals surface area contributed by atoms with Crippen molar-refractivity contribution in [3.8, 4) is 11.3 Å². The zero-order valence-electron chi connectivity index (χ0n) is 12.0. The highest BCUT2D eigenvalue weighted by Crippen LogP contribution is 2.21. The summed E-state index contributed by atoms with van der Waals surface area (Å²) in [5.74, 6) is -1.73. The molecule has 0 aliphatic heterocycles. The molecule has 0 saturated heterocycles. The van der Waals surface area contributed by atoms with E-state index in [-0.39, 0.29) is 23.5 Å². The number of aromatic amines is 1. The van der Waals surface area contributed by atoms with Gasteiger partial charge in [-0.25, -0.2) is 9.78 Å². The molecular weight excluding hydrogens is 305 g/mol. The van der Waals surface area contributed by atoms with Gasteiger partial charge in [0.05, 0.1) is 13.7 Å². The standard InChI is InChI=1S/C15H12FN3O4/c1-23-15(22)10-6-17-19-13(10)18-12(11(16)14(19)21)9-4-2-8(7-20)3-5-9/h2-6,17,20H,7H2,1H3. The number of carbonyl (C=O) groups is 1. The molecule has 3 rings (SSSR count). The number of hydrogen-bond acceptors (Lipinski definition) is 5. The molecule has 0 saturated carbocycles. The lowest BCUT2D eigenvalue weighted by Gasteiger charge is -2.05. The Balaban J connectivity index is 2.25. The van der Waals surface area contributed by atoms with E-state index in [9.17, 15) is 14.0 Å². The van der Waals surface area contributed by atoms with Crippen molar-refractivity contribution in [1.82, 2.24) is 14.6 Å². The minimum Gasteiger partial charge on any atom is -0.465 e. The van der Waals surface area contributed by atoms with Crippen molar-refractivity contribution in [3.63, 3.8) is 0 Å². The quantitative estimate of drug-likeness (QED) is 0.705. The molecule has 0 aliphatic carbocycles. The molecular formula is C15H12FN3O4. The Morgan fingerprint density at radius 2 is 2.09 bits per heavy atom. The van der Waals surface area contributed by atoms with Crippen molar-refractivity contribution in [1.29, 1.82) is 0 Å². The third-order valence-corrected chi connectivity index (χ3v) is 3.42. The SMILES string of the molecule is COC(=O)c1c[nH]n2c(=O)c(F)c(-c3ccc(CO)cc3)nc12. The first-order valence-electron chi connectivity index (χ1n) is 6.65.